The molecule has 2 aromatic rings. The Morgan fingerprint density at radius 2 is 1.94 bits per heavy atom. The number of benzene rings is 2. The number of anilines is 1. The molecule has 2 atom stereocenters. The van der Waals surface area contributed by atoms with E-state index in [9.17, 15) is 22.4 Å². The van der Waals surface area contributed by atoms with Gasteiger partial charge in [0.1, 0.15) is 11.6 Å². The zero-order chi connectivity index (χ0) is 25.2. The molecule has 1 heterocycles. The van der Waals surface area contributed by atoms with Crippen molar-refractivity contribution in [2.75, 3.05) is 25.5 Å². The Morgan fingerprint density at radius 3 is 2.56 bits per heavy atom. The molecule has 0 spiro atoms. The first kappa shape index (κ1) is 25.8. The maximum atomic E-state index is 14.5. The highest BCUT2D eigenvalue weighted by atomic mass is 35.5. The van der Waals surface area contributed by atoms with Crippen LogP contribution in [0.2, 0.25) is 5.02 Å². The Balaban J connectivity index is 1.76. The largest absolute Gasteiger partial charge is 0.573 e. The molecule has 0 radical (unpaired) electrons. The summed E-state index contributed by atoms with van der Waals surface area (Å²) in [5.41, 5.74) is 1.20. The van der Waals surface area contributed by atoms with Crippen molar-refractivity contribution in [3.63, 3.8) is 0 Å². The first-order valence-corrected chi connectivity index (χ1v) is 10.8. The van der Waals surface area contributed by atoms with Gasteiger partial charge in [-0.25, -0.2) is 9.18 Å². The summed E-state index contributed by atoms with van der Waals surface area (Å²) >= 11 is 6.01. The van der Waals surface area contributed by atoms with Crippen LogP contribution in [0.5, 0.6) is 5.75 Å². The van der Waals surface area contributed by atoms with Crippen LogP contribution in [0.1, 0.15) is 47.8 Å². The van der Waals surface area contributed by atoms with Crippen LogP contribution in [-0.4, -0.2) is 49.2 Å². The quantitative estimate of drug-likeness (QED) is 0.285. The first-order valence-electron chi connectivity index (χ1n) is 10.4. The van der Waals surface area contributed by atoms with Gasteiger partial charge in [-0.3, -0.25) is 4.90 Å². The molecule has 34 heavy (non-hydrogen) atoms. The zero-order valence-electron chi connectivity index (χ0n) is 18.7. The maximum Gasteiger partial charge on any atom is 0.573 e. The average Bonchev–Trinajstić information content (AvgIpc) is 3.19. The number of likely N-dealkylation sites (tertiary alicyclic amines) is 1. The third-order valence-electron chi connectivity index (χ3n) is 5.65. The highest BCUT2D eigenvalue weighted by Crippen LogP contribution is 2.33. The van der Waals surface area contributed by atoms with Gasteiger partial charge in [0.25, 0.3) is 0 Å². The molecule has 184 valence electrons. The Hall–Kier alpha value is -2.85. The van der Waals surface area contributed by atoms with Crippen LogP contribution in [0, 0.1) is 11.2 Å². The number of rotatable bonds is 7. The van der Waals surface area contributed by atoms with E-state index in [1.54, 1.807) is 6.07 Å². The van der Waals surface area contributed by atoms with E-state index < -0.39 is 18.1 Å². The lowest BCUT2D eigenvalue weighted by atomic mass is 10.0. The molecular weight excluding hydrogens is 478 g/mol. The Bertz CT molecular complexity index is 1090. The average molecular weight is 502 g/mol. The van der Waals surface area contributed by atoms with E-state index in [-0.39, 0.29) is 34.1 Å². The van der Waals surface area contributed by atoms with Crippen molar-refractivity contribution in [1.29, 1.82) is 5.41 Å². The number of carbonyl (C=O) groups is 1. The van der Waals surface area contributed by atoms with E-state index in [2.05, 4.69) is 19.7 Å². The van der Waals surface area contributed by atoms with E-state index in [1.165, 1.54) is 25.1 Å². The SMILES string of the molecule is COC(=O)c1cc(C(C)=N)c(NC2CCN(C(C)c3cc(Cl)cc(OC(F)(F)F)c3)C2)cc1F. The van der Waals surface area contributed by atoms with Gasteiger partial charge in [0.2, 0.25) is 0 Å². The van der Waals surface area contributed by atoms with Gasteiger partial charge in [0.05, 0.1) is 12.7 Å². The molecule has 0 aromatic heterocycles. The van der Waals surface area contributed by atoms with Crippen molar-refractivity contribution in [3.8, 4) is 5.75 Å². The van der Waals surface area contributed by atoms with Crippen molar-refractivity contribution in [2.24, 2.45) is 0 Å². The molecule has 0 aliphatic carbocycles. The summed E-state index contributed by atoms with van der Waals surface area (Å²) in [5.74, 6) is -1.98. The predicted octanol–water partition coefficient (Wildman–Crippen LogP) is 5.80. The number of hydrogen-bond acceptors (Lipinski definition) is 6. The monoisotopic (exact) mass is 501 g/mol. The molecule has 1 aliphatic rings. The fraction of sp³-hybridized carbons (Fsp3) is 0.391. The summed E-state index contributed by atoms with van der Waals surface area (Å²) < 4.78 is 61.0. The minimum atomic E-state index is -4.82. The third-order valence-corrected chi connectivity index (χ3v) is 5.87. The number of hydrogen-bond donors (Lipinski definition) is 2. The summed E-state index contributed by atoms with van der Waals surface area (Å²) in [6.45, 7) is 4.52. The van der Waals surface area contributed by atoms with Crippen LogP contribution in [0.25, 0.3) is 0 Å². The number of ether oxygens (including phenoxy) is 2. The van der Waals surface area contributed by atoms with Crippen molar-refractivity contribution in [3.05, 3.63) is 57.9 Å². The Labute approximate surface area is 199 Å². The second kappa shape index (κ2) is 10.2. The molecule has 1 fully saturated rings. The topological polar surface area (TPSA) is 74.7 Å². The highest BCUT2D eigenvalue weighted by Gasteiger charge is 2.32. The van der Waals surface area contributed by atoms with Gasteiger partial charge in [-0.2, -0.15) is 0 Å². The van der Waals surface area contributed by atoms with Crippen LogP contribution >= 0.6 is 11.6 Å². The third kappa shape index (κ3) is 6.18. The van der Waals surface area contributed by atoms with Crippen LogP contribution in [0.3, 0.4) is 0 Å². The van der Waals surface area contributed by atoms with Crippen molar-refractivity contribution >= 4 is 29.0 Å². The van der Waals surface area contributed by atoms with Gasteiger partial charge in [-0.05, 0) is 56.2 Å². The molecule has 3 rings (SSSR count). The first-order chi connectivity index (χ1) is 15.9. The van der Waals surface area contributed by atoms with Gasteiger partial charge in [-0.15, -0.1) is 13.2 Å². The fourth-order valence-corrected chi connectivity index (χ4v) is 4.21. The second-order valence-electron chi connectivity index (χ2n) is 8.06. The molecule has 0 amide bonds. The second-order valence-corrected chi connectivity index (χ2v) is 8.50. The fourth-order valence-electron chi connectivity index (χ4n) is 3.98. The molecule has 11 heteroatoms. The van der Waals surface area contributed by atoms with Gasteiger partial charge in [0, 0.05) is 47.2 Å². The van der Waals surface area contributed by atoms with Crippen molar-refractivity contribution in [1.82, 2.24) is 4.90 Å². The Kier molecular flexibility index (Phi) is 7.72. The van der Waals surface area contributed by atoms with E-state index in [1.807, 2.05) is 6.92 Å². The van der Waals surface area contributed by atoms with Gasteiger partial charge in [-0.1, -0.05) is 11.6 Å². The smallest absolute Gasteiger partial charge is 0.465 e. The molecule has 2 unspecified atom stereocenters. The minimum absolute atomic E-state index is 0.117. The van der Waals surface area contributed by atoms with E-state index >= 15 is 0 Å². The summed E-state index contributed by atoms with van der Waals surface area (Å²) in [5, 5.41) is 11.4. The summed E-state index contributed by atoms with van der Waals surface area (Å²) in [6, 6.07) is 6.08. The Morgan fingerprint density at radius 1 is 1.24 bits per heavy atom. The number of halogens is 5. The normalized spacial score (nSPS) is 17.4. The predicted molar refractivity (Wildman–Crippen MR) is 120 cm³/mol. The lowest BCUT2D eigenvalue weighted by molar-refractivity contribution is -0.274. The van der Waals surface area contributed by atoms with Crippen LogP contribution < -0.4 is 10.1 Å². The molecule has 1 aliphatic heterocycles. The molecule has 6 nitrogen and oxygen atoms in total. The number of nitrogens with zero attached hydrogens (tertiary/aromatic N) is 1. The van der Waals surface area contributed by atoms with Gasteiger partial charge < -0.3 is 20.2 Å². The molecule has 1 saturated heterocycles. The lowest BCUT2D eigenvalue weighted by Gasteiger charge is -2.26. The maximum absolute atomic E-state index is 14.5. The van der Waals surface area contributed by atoms with Gasteiger partial charge in [0.15, 0.2) is 0 Å². The lowest BCUT2D eigenvalue weighted by Crippen LogP contribution is -2.29. The van der Waals surface area contributed by atoms with Gasteiger partial charge >= 0.3 is 12.3 Å². The zero-order valence-corrected chi connectivity index (χ0v) is 19.5. The number of nitrogens with one attached hydrogen (secondary N) is 2. The standard InChI is InChI=1S/C23H24ClF4N3O3/c1-12(29)18-9-19(22(32)33-3)20(25)10-21(18)30-16-4-5-31(11-16)13(2)14-6-15(24)8-17(7-14)34-23(26,27)28/h6-10,13,16,29-30H,4-5,11H2,1-3H3. The van der Waals surface area contributed by atoms with Crippen LogP contribution in [-0.2, 0) is 4.74 Å². The number of esters is 1. The molecule has 2 aromatic carbocycles. The van der Waals surface area contributed by atoms with Crippen LogP contribution in [0.15, 0.2) is 30.3 Å². The van der Waals surface area contributed by atoms with E-state index in [4.69, 9.17) is 17.0 Å². The molecule has 0 bridgehead atoms. The summed E-state index contributed by atoms with van der Waals surface area (Å²) in [4.78, 5) is 13.9. The highest BCUT2D eigenvalue weighted by molar-refractivity contribution is 6.30. The van der Waals surface area contributed by atoms with Crippen molar-refractivity contribution < 1.29 is 31.8 Å². The van der Waals surface area contributed by atoms with E-state index in [0.717, 1.165) is 13.2 Å². The number of methoxy groups -OCH3 is 1. The summed E-state index contributed by atoms with van der Waals surface area (Å²) in [6.07, 6.45) is -4.15. The molecule has 2 N–H and O–H groups in total. The van der Waals surface area contributed by atoms with Crippen LogP contribution in [0.4, 0.5) is 23.2 Å². The summed E-state index contributed by atoms with van der Waals surface area (Å²) in [7, 11) is 1.15. The molecular formula is C23H24ClF4N3O3. The molecule has 0 saturated carbocycles. The van der Waals surface area contributed by atoms with E-state index in [0.29, 0.717) is 36.3 Å². The minimum Gasteiger partial charge on any atom is -0.465 e. The van der Waals surface area contributed by atoms with Crippen molar-refractivity contribution in [2.45, 2.75) is 38.7 Å². The number of carbonyl (C=O) groups excluding carboxylic acids is 1. The number of alkyl halides is 3.